The number of hydrogen-bond acceptors (Lipinski definition) is 1. The van der Waals surface area contributed by atoms with E-state index < -0.39 is 0 Å². The normalized spacial score (nSPS) is 30.5. The third-order valence-corrected chi connectivity index (χ3v) is 4.41. The van der Waals surface area contributed by atoms with Gasteiger partial charge in [0.05, 0.1) is 0 Å². The Bertz CT molecular complexity index is 428. The minimum atomic E-state index is 0.0409. The first kappa shape index (κ1) is 11.1. The molecular formula is C14H16ClNO. The van der Waals surface area contributed by atoms with Gasteiger partial charge in [-0.1, -0.05) is 18.0 Å². The standard InChI is InChI=1S/C14H16ClNO/c15-12-5-3-10(4-6-12)14(17)16-13-8-9-1-2-11(13)7-9/h3-6,9,11,13H,1-2,7-8H2,(H,16,17). The van der Waals surface area contributed by atoms with Crippen LogP contribution in [0.4, 0.5) is 0 Å². The van der Waals surface area contributed by atoms with Crippen molar-refractivity contribution in [3.05, 3.63) is 34.9 Å². The van der Waals surface area contributed by atoms with E-state index in [1.54, 1.807) is 24.3 Å². The summed E-state index contributed by atoms with van der Waals surface area (Å²) in [6, 6.07) is 7.49. The number of carbonyl (C=O) groups excluding carboxylic acids is 1. The SMILES string of the molecule is O=C(NC1CC2CCC1C2)c1ccc(Cl)cc1. The van der Waals surface area contributed by atoms with Crippen LogP contribution in [0.25, 0.3) is 0 Å². The Hall–Kier alpha value is -1.02. The molecule has 0 aromatic heterocycles. The van der Waals surface area contributed by atoms with E-state index in [1.165, 1.54) is 25.7 Å². The summed E-state index contributed by atoms with van der Waals surface area (Å²) < 4.78 is 0. The molecule has 1 aromatic rings. The zero-order valence-electron chi connectivity index (χ0n) is 9.66. The van der Waals surface area contributed by atoms with Crippen molar-refractivity contribution in [2.45, 2.75) is 31.7 Å². The third-order valence-electron chi connectivity index (χ3n) is 4.16. The predicted octanol–water partition coefficient (Wildman–Crippen LogP) is 3.26. The molecule has 1 N–H and O–H groups in total. The smallest absolute Gasteiger partial charge is 0.251 e. The van der Waals surface area contributed by atoms with Gasteiger partial charge < -0.3 is 5.32 Å². The Morgan fingerprint density at radius 2 is 1.94 bits per heavy atom. The quantitative estimate of drug-likeness (QED) is 0.857. The maximum absolute atomic E-state index is 12.0. The van der Waals surface area contributed by atoms with Crippen LogP contribution in [0.3, 0.4) is 0 Å². The van der Waals surface area contributed by atoms with Crippen LogP contribution in [0.5, 0.6) is 0 Å². The van der Waals surface area contributed by atoms with Crippen molar-refractivity contribution in [2.24, 2.45) is 11.8 Å². The van der Waals surface area contributed by atoms with Crippen LogP contribution >= 0.6 is 11.6 Å². The minimum absolute atomic E-state index is 0.0409. The summed E-state index contributed by atoms with van der Waals surface area (Å²) in [5.74, 6) is 1.62. The summed E-state index contributed by atoms with van der Waals surface area (Å²) in [6.07, 6.45) is 5.13. The van der Waals surface area contributed by atoms with Gasteiger partial charge >= 0.3 is 0 Å². The molecule has 0 heterocycles. The van der Waals surface area contributed by atoms with Crippen molar-refractivity contribution >= 4 is 17.5 Å². The van der Waals surface area contributed by atoms with Crippen molar-refractivity contribution in [1.29, 1.82) is 0 Å². The molecule has 3 unspecified atom stereocenters. The van der Waals surface area contributed by atoms with Gasteiger partial charge in [-0.2, -0.15) is 0 Å². The Balaban J connectivity index is 1.65. The molecule has 3 rings (SSSR count). The first-order valence-electron chi connectivity index (χ1n) is 6.29. The van der Waals surface area contributed by atoms with Crippen molar-refractivity contribution in [3.63, 3.8) is 0 Å². The van der Waals surface area contributed by atoms with Crippen LogP contribution in [0.15, 0.2) is 24.3 Å². The second-order valence-electron chi connectivity index (χ2n) is 5.26. The molecule has 2 aliphatic carbocycles. The van der Waals surface area contributed by atoms with Crippen LogP contribution in [0, 0.1) is 11.8 Å². The molecule has 3 heteroatoms. The van der Waals surface area contributed by atoms with Crippen molar-refractivity contribution < 1.29 is 4.79 Å². The fourth-order valence-corrected chi connectivity index (χ4v) is 3.40. The topological polar surface area (TPSA) is 29.1 Å². The lowest BCUT2D eigenvalue weighted by Gasteiger charge is -2.22. The third kappa shape index (κ3) is 2.19. The Kier molecular flexibility index (Phi) is 2.83. The molecule has 2 fully saturated rings. The predicted molar refractivity (Wildman–Crippen MR) is 68.2 cm³/mol. The van der Waals surface area contributed by atoms with E-state index in [-0.39, 0.29) is 5.91 Å². The number of rotatable bonds is 2. The number of hydrogen-bond donors (Lipinski definition) is 1. The highest BCUT2D eigenvalue weighted by Gasteiger charge is 2.40. The number of benzene rings is 1. The average Bonchev–Trinajstić information content (AvgIpc) is 2.91. The summed E-state index contributed by atoms with van der Waals surface area (Å²) in [7, 11) is 0. The highest BCUT2D eigenvalue weighted by molar-refractivity contribution is 6.30. The lowest BCUT2D eigenvalue weighted by molar-refractivity contribution is 0.0923. The second-order valence-corrected chi connectivity index (χ2v) is 5.70. The number of carbonyl (C=O) groups is 1. The summed E-state index contributed by atoms with van der Waals surface area (Å²) in [5.41, 5.74) is 0.706. The van der Waals surface area contributed by atoms with Crippen molar-refractivity contribution in [3.8, 4) is 0 Å². The lowest BCUT2D eigenvalue weighted by atomic mass is 9.95. The van der Waals surface area contributed by atoms with E-state index in [2.05, 4.69) is 5.32 Å². The van der Waals surface area contributed by atoms with E-state index in [0.29, 0.717) is 16.6 Å². The van der Waals surface area contributed by atoms with Gasteiger partial charge in [0.1, 0.15) is 0 Å². The monoisotopic (exact) mass is 249 g/mol. The number of amides is 1. The molecule has 0 radical (unpaired) electrons. The fourth-order valence-electron chi connectivity index (χ4n) is 3.27. The van der Waals surface area contributed by atoms with Gasteiger partial charge in [0, 0.05) is 16.6 Å². The molecular weight excluding hydrogens is 234 g/mol. The van der Waals surface area contributed by atoms with Crippen LogP contribution in [-0.4, -0.2) is 11.9 Å². The van der Waals surface area contributed by atoms with E-state index in [4.69, 9.17) is 11.6 Å². The number of nitrogens with one attached hydrogen (secondary N) is 1. The molecule has 90 valence electrons. The van der Waals surface area contributed by atoms with E-state index in [0.717, 1.165) is 11.8 Å². The second kappa shape index (κ2) is 4.34. The summed E-state index contributed by atoms with van der Waals surface area (Å²) in [4.78, 5) is 12.0. The number of fused-ring (bicyclic) bond motifs is 2. The highest BCUT2D eigenvalue weighted by atomic mass is 35.5. The lowest BCUT2D eigenvalue weighted by Crippen LogP contribution is -2.38. The molecule has 0 aliphatic heterocycles. The maximum Gasteiger partial charge on any atom is 0.251 e. The molecule has 2 nitrogen and oxygen atoms in total. The van der Waals surface area contributed by atoms with Gasteiger partial charge in [0.2, 0.25) is 0 Å². The van der Waals surface area contributed by atoms with Gasteiger partial charge in [0.15, 0.2) is 0 Å². The summed E-state index contributed by atoms with van der Waals surface area (Å²) in [6.45, 7) is 0. The molecule has 3 atom stereocenters. The minimum Gasteiger partial charge on any atom is -0.349 e. The van der Waals surface area contributed by atoms with E-state index in [9.17, 15) is 4.79 Å². The van der Waals surface area contributed by atoms with Gasteiger partial charge in [-0.25, -0.2) is 0 Å². The molecule has 2 aliphatic rings. The van der Waals surface area contributed by atoms with Crippen molar-refractivity contribution in [1.82, 2.24) is 5.32 Å². The first-order chi connectivity index (χ1) is 8.22. The molecule has 1 aromatic carbocycles. The summed E-state index contributed by atoms with van der Waals surface area (Å²) in [5, 5.41) is 3.83. The van der Waals surface area contributed by atoms with E-state index in [1.807, 2.05) is 0 Å². The molecule has 1 amide bonds. The first-order valence-corrected chi connectivity index (χ1v) is 6.66. The van der Waals surface area contributed by atoms with Gasteiger partial charge in [-0.05, 0) is 55.4 Å². The van der Waals surface area contributed by atoms with E-state index >= 15 is 0 Å². The average molecular weight is 250 g/mol. The van der Waals surface area contributed by atoms with Gasteiger partial charge in [0.25, 0.3) is 5.91 Å². The van der Waals surface area contributed by atoms with Crippen LogP contribution in [-0.2, 0) is 0 Å². The Morgan fingerprint density at radius 3 is 2.53 bits per heavy atom. The highest BCUT2D eigenvalue weighted by Crippen LogP contribution is 2.44. The molecule has 17 heavy (non-hydrogen) atoms. The molecule has 0 saturated heterocycles. The molecule has 2 bridgehead atoms. The largest absolute Gasteiger partial charge is 0.349 e. The molecule has 2 saturated carbocycles. The Labute approximate surface area is 106 Å². The number of halogens is 1. The Morgan fingerprint density at radius 1 is 1.18 bits per heavy atom. The van der Waals surface area contributed by atoms with Gasteiger partial charge in [-0.15, -0.1) is 0 Å². The molecule has 0 spiro atoms. The summed E-state index contributed by atoms with van der Waals surface area (Å²) >= 11 is 5.81. The van der Waals surface area contributed by atoms with Gasteiger partial charge in [-0.3, -0.25) is 4.79 Å². The van der Waals surface area contributed by atoms with Crippen LogP contribution in [0.2, 0.25) is 5.02 Å². The van der Waals surface area contributed by atoms with Crippen molar-refractivity contribution in [2.75, 3.05) is 0 Å². The maximum atomic E-state index is 12.0. The van der Waals surface area contributed by atoms with Crippen LogP contribution < -0.4 is 5.32 Å². The zero-order chi connectivity index (χ0) is 11.8. The fraction of sp³-hybridized carbons (Fsp3) is 0.500. The van der Waals surface area contributed by atoms with Crippen LogP contribution in [0.1, 0.15) is 36.0 Å². The zero-order valence-corrected chi connectivity index (χ0v) is 10.4.